The molecule has 0 aromatic heterocycles. The number of hydrogen-bond acceptors (Lipinski definition) is 7. The fraction of sp³-hybridized carbons (Fsp3) is 0.593. The molecule has 1 aromatic rings. The van der Waals surface area contributed by atoms with Crippen LogP contribution in [0.15, 0.2) is 35.9 Å². The van der Waals surface area contributed by atoms with Crippen molar-refractivity contribution in [3.63, 3.8) is 0 Å². The van der Waals surface area contributed by atoms with E-state index in [0.717, 1.165) is 55.2 Å². The van der Waals surface area contributed by atoms with E-state index >= 15 is 0 Å². The van der Waals surface area contributed by atoms with Gasteiger partial charge in [0.25, 0.3) is 5.09 Å². The Morgan fingerprint density at radius 3 is 2.37 bits per heavy atom. The molecule has 0 fully saturated rings. The van der Waals surface area contributed by atoms with Crippen molar-refractivity contribution in [2.45, 2.75) is 84.0 Å². The van der Waals surface area contributed by atoms with Gasteiger partial charge < -0.3 is 19.8 Å². The smallest absolute Gasteiger partial charge is 0.302 e. The number of carbonyl (C=O) groups is 1. The van der Waals surface area contributed by atoms with Crippen molar-refractivity contribution in [2.75, 3.05) is 13.2 Å². The van der Waals surface area contributed by atoms with Crippen LogP contribution in [0.1, 0.15) is 89.7 Å². The largest absolute Gasteiger partial charge is 0.507 e. The van der Waals surface area contributed by atoms with Crippen molar-refractivity contribution in [3.8, 4) is 11.5 Å². The molecule has 2 atom stereocenters. The summed E-state index contributed by atoms with van der Waals surface area (Å²) in [6, 6.07) is 3.48. The predicted molar refractivity (Wildman–Crippen MR) is 134 cm³/mol. The molecule has 1 aliphatic rings. The van der Waals surface area contributed by atoms with Gasteiger partial charge in [0.15, 0.2) is 0 Å². The summed E-state index contributed by atoms with van der Waals surface area (Å²) < 4.78 is 5.17. The van der Waals surface area contributed by atoms with Crippen LogP contribution in [0, 0.1) is 16.0 Å². The number of benzene rings is 1. The molecule has 0 heterocycles. The predicted octanol–water partition coefficient (Wildman–Crippen LogP) is 6.09. The van der Waals surface area contributed by atoms with Crippen LogP contribution in [-0.2, 0) is 19.8 Å². The number of esters is 1. The zero-order valence-corrected chi connectivity index (χ0v) is 21.3. The van der Waals surface area contributed by atoms with Crippen molar-refractivity contribution in [1.82, 2.24) is 0 Å². The number of ether oxygens (including phenoxy) is 1. The van der Waals surface area contributed by atoms with E-state index in [9.17, 15) is 25.1 Å². The number of allylic oxidation sites excluding steroid dienone is 2. The highest BCUT2D eigenvalue weighted by molar-refractivity contribution is 5.66. The van der Waals surface area contributed by atoms with Crippen molar-refractivity contribution in [1.29, 1.82) is 0 Å². The first-order chi connectivity index (χ1) is 16.4. The molecule has 2 N–H and O–H groups in total. The standard InChI is InChI=1S/C27H39NO7/c1-18(2)22-11-10-20(17-34-19(3)29)14-23(22)26-24(30)15-21(16-25(26)31)27(4,5)12-8-6-7-9-13-35-28(32)33/h14-16,22-23,30-31H,1,6-13,17H2,2-5H3/t22-,23+/m1/s1. The van der Waals surface area contributed by atoms with Gasteiger partial charge in [-0.2, -0.15) is 0 Å². The zero-order valence-electron chi connectivity index (χ0n) is 21.3. The van der Waals surface area contributed by atoms with Gasteiger partial charge in [-0.05, 0) is 67.2 Å². The van der Waals surface area contributed by atoms with Gasteiger partial charge in [-0.15, -0.1) is 10.1 Å². The molecule has 0 saturated heterocycles. The lowest BCUT2D eigenvalue weighted by Gasteiger charge is -2.33. The van der Waals surface area contributed by atoms with E-state index in [2.05, 4.69) is 25.3 Å². The third-order valence-electron chi connectivity index (χ3n) is 6.86. The Morgan fingerprint density at radius 2 is 1.80 bits per heavy atom. The second-order valence-electron chi connectivity index (χ2n) is 10.2. The minimum Gasteiger partial charge on any atom is -0.507 e. The van der Waals surface area contributed by atoms with E-state index in [-0.39, 0.29) is 47.9 Å². The normalized spacial score (nSPS) is 18.0. The summed E-state index contributed by atoms with van der Waals surface area (Å²) in [5, 5.41) is 31.5. The summed E-state index contributed by atoms with van der Waals surface area (Å²) >= 11 is 0. The molecule has 0 saturated carbocycles. The van der Waals surface area contributed by atoms with Gasteiger partial charge in [0.1, 0.15) is 18.1 Å². The molecule has 8 heteroatoms. The molecule has 0 amide bonds. The van der Waals surface area contributed by atoms with Crippen LogP contribution in [0.2, 0.25) is 0 Å². The summed E-state index contributed by atoms with van der Waals surface area (Å²) in [5.41, 5.74) is 2.99. The lowest BCUT2D eigenvalue weighted by atomic mass is 9.72. The summed E-state index contributed by atoms with van der Waals surface area (Å²) in [4.78, 5) is 25.8. The maximum atomic E-state index is 11.2. The first-order valence-electron chi connectivity index (χ1n) is 12.2. The SMILES string of the molecule is C=C(C)[C@H]1CCC(COC(C)=O)=C[C@@H]1c1c(O)cc(C(C)(C)CCCCCCO[N+](=O)[O-])cc1O. The van der Waals surface area contributed by atoms with E-state index in [1.54, 1.807) is 12.1 Å². The summed E-state index contributed by atoms with van der Waals surface area (Å²) in [5.74, 6) is -0.444. The maximum Gasteiger partial charge on any atom is 0.302 e. The van der Waals surface area contributed by atoms with Gasteiger partial charge >= 0.3 is 5.97 Å². The minimum atomic E-state index is -0.770. The van der Waals surface area contributed by atoms with Crippen LogP contribution in [0.4, 0.5) is 0 Å². The summed E-state index contributed by atoms with van der Waals surface area (Å²) in [6.45, 7) is 11.9. The Balaban J connectivity index is 2.16. The first-order valence-corrected chi connectivity index (χ1v) is 12.2. The third kappa shape index (κ3) is 8.30. The van der Waals surface area contributed by atoms with Gasteiger partial charge in [0, 0.05) is 18.4 Å². The molecule has 1 aliphatic carbocycles. The molecule has 8 nitrogen and oxygen atoms in total. The van der Waals surface area contributed by atoms with Crippen LogP contribution in [0.25, 0.3) is 0 Å². The Morgan fingerprint density at radius 1 is 1.17 bits per heavy atom. The van der Waals surface area contributed by atoms with Gasteiger partial charge in [0.05, 0.1) is 6.61 Å². The van der Waals surface area contributed by atoms with E-state index < -0.39 is 5.09 Å². The molecule has 0 spiro atoms. The second-order valence-corrected chi connectivity index (χ2v) is 10.2. The number of nitrogens with zero attached hydrogens (tertiary/aromatic N) is 1. The number of hydrogen-bond donors (Lipinski definition) is 2. The van der Waals surface area contributed by atoms with Gasteiger partial charge in [-0.3, -0.25) is 4.79 Å². The number of rotatable bonds is 13. The number of phenolic OH excluding ortho intramolecular Hbond substituents is 2. The molecular formula is C27H39NO7. The molecule has 2 rings (SSSR count). The van der Waals surface area contributed by atoms with Crippen LogP contribution in [0.3, 0.4) is 0 Å². The van der Waals surface area contributed by atoms with Gasteiger partial charge in [-0.25, -0.2) is 0 Å². The highest BCUT2D eigenvalue weighted by Gasteiger charge is 2.32. The Hall–Kier alpha value is -3.03. The summed E-state index contributed by atoms with van der Waals surface area (Å²) in [6.07, 6.45) is 7.70. The minimum absolute atomic E-state index is 0.0474. The van der Waals surface area contributed by atoms with E-state index in [1.165, 1.54) is 6.92 Å². The Labute approximate surface area is 207 Å². The van der Waals surface area contributed by atoms with Crippen LogP contribution in [0.5, 0.6) is 11.5 Å². The molecule has 0 unspecified atom stereocenters. The highest BCUT2D eigenvalue weighted by Crippen LogP contribution is 2.48. The quantitative estimate of drug-likeness (QED) is 0.113. The molecule has 1 aromatic carbocycles. The zero-order chi connectivity index (χ0) is 26.2. The van der Waals surface area contributed by atoms with Gasteiger partial charge in [0.2, 0.25) is 0 Å². The topological polar surface area (TPSA) is 119 Å². The fourth-order valence-electron chi connectivity index (χ4n) is 4.79. The van der Waals surface area contributed by atoms with Gasteiger partial charge in [-0.1, -0.05) is 51.3 Å². The van der Waals surface area contributed by atoms with E-state index in [4.69, 9.17) is 4.74 Å². The van der Waals surface area contributed by atoms with E-state index in [0.29, 0.717) is 12.0 Å². The monoisotopic (exact) mass is 489 g/mol. The number of phenols is 2. The average Bonchev–Trinajstić information content (AvgIpc) is 2.76. The van der Waals surface area contributed by atoms with E-state index in [1.807, 2.05) is 13.0 Å². The molecule has 194 valence electrons. The summed E-state index contributed by atoms with van der Waals surface area (Å²) in [7, 11) is 0. The van der Waals surface area contributed by atoms with Crippen LogP contribution in [-0.4, -0.2) is 34.5 Å². The fourth-order valence-corrected chi connectivity index (χ4v) is 4.79. The third-order valence-corrected chi connectivity index (χ3v) is 6.86. The highest BCUT2D eigenvalue weighted by atomic mass is 16.9. The maximum absolute atomic E-state index is 11.2. The molecular weight excluding hydrogens is 450 g/mol. The van der Waals surface area contributed by atoms with Crippen molar-refractivity contribution in [2.24, 2.45) is 5.92 Å². The Kier molecular flexibility index (Phi) is 10.2. The lowest BCUT2D eigenvalue weighted by molar-refractivity contribution is -0.757. The molecule has 0 aliphatic heterocycles. The molecule has 0 radical (unpaired) electrons. The second kappa shape index (κ2) is 12.6. The molecule has 35 heavy (non-hydrogen) atoms. The van der Waals surface area contributed by atoms with Crippen molar-refractivity contribution < 1.29 is 29.7 Å². The Bertz CT molecular complexity index is 928. The average molecular weight is 490 g/mol. The van der Waals surface area contributed by atoms with Crippen LogP contribution >= 0.6 is 0 Å². The number of aromatic hydroxyl groups is 2. The van der Waals surface area contributed by atoms with Crippen LogP contribution < -0.4 is 0 Å². The van der Waals surface area contributed by atoms with Crippen molar-refractivity contribution >= 4 is 5.97 Å². The lowest BCUT2D eigenvalue weighted by Crippen LogP contribution is -2.21. The molecule has 0 bridgehead atoms. The van der Waals surface area contributed by atoms with Crippen molar-refractivity contribution in [3.05, 3.63) is 57.2 Å². The first kappa shape index (κ1) is 28.2. The number of unbranched alkanes of at least 4 members (excludes halogenated alkanes) is 3. The number of carbonyl (C=O) groups excluding carboxylic acids is 1.